The first-order valence-corrected chi connectivity index (χ1v) is 5.40. The maximum atomic E-state index is 10.5. The third kappa shape index (κ3) is 4.25. The summed E-state index contributed by atoms with van der Waals surface area (Å²) in [6.07, 6.45) is 2.23. The number of hydrogen-bond donors (Lipinski definition) is 2. The molecule has 0 aliphatic rings. The first kappa shape index (κ1) is 12.4. The molecular weight excluding hydrogens is 206 g/mol. The molecule has 88 valence electrons. The Morgan fingerprint density at radius 1 is 1.44 bits per heavy atom. The van der Waals surface area contributed by atoms with Gasteiger partial charge in [0.05, 0.1) is 0 Å². The van der Waals surface area contributed by atoms with Gasteiger partial charge in [0, 0.05) is 6.54 Å². The number of carboxylic acids is 1. The second-order valence-electron chi connectivity index (χ2n) is 4.07. The van der Waals surface area contributed by atoms with Crippen molar-refractivity contribution in [3.8, 4) is 0 Å². The third-order valence-corrected chi connectivity index (χ3v) is 2.15. The van der Waals surface area contributed by atoms with Gasteiger partial charge in [-0.05, 0) is 30.9 Å². The van der Waals surface area contributed by atoms with Gasteiger partial charge < -0.3 is 10.4 Å². The fourth-order valence-corrected chi connectivity index (χ4v) is 1.27. The molecule has 2 N–H and O–H groups in total. The molecule has 0 radical (unpaired) electrons. The maximum absolute atomic E-state index is 10.5. The van der Waals surface area contributed by atoms with Gasteiger partial charge >= 0.3 is 5.97 Å². The smallest absolute Gasteiger partial charge is 0.356 e. The number of hydrogen-bond acceptors (Lipinski definition) is 4. The Balaban J connectivity index is 2.35. The molecule has 0 atom stereocenters. The molecule has 0 amide bonds. The first-order valence-electron chi connectivity index (χ1n) is 5.40. The Kier molecular flexibility index (Phi) is 4.69. The van der Waals surface area contributed by atoms with Crippen molar-refractivity contribution in [2.45, 2.75) is 26.7 Å². The van der Waals surface area contributed by atoms with E-state index in [1.807, 2.05) is 0 Å². The molecule has 16 heavy (non-hydrogen) atoms. The Hall–Kier alpha value is -1.65. The molecule has 5 nitrogen and oxygen atoms in total. The average molecular weight is 223 g/mol. The Bertz CT molecular complexity index is 336. The predicted octanol–water partition coefficient (Wildman–Crippen LogP) is 2.02. The van der Waals surface area contributed by atoms with E-state index >= 15 is 0 Å². The van der Waals surface area contributed by atoms with E-state index in [-0.39, 0.29) is 5.69 Å². The second-order valence-corrected chi connectivity index (χ2v) is 4.07. The fourth-order valence-electron chi connectivity index (χ4n) is 1.27. The minimum Gasteiger partial charge on any atom is -0.476 e. The number of aromatic carboxylic acids is 1. The van der Waals surface area contributed by atoms with Crippen LogP contribution in [0.1, 0.15) is 37.2 Å². The van der Waals surface area contributed by atoms with Gasteiger partial charge in [0.25, 0.3) is 0 Å². The van der Waals surface area contributed by atoms with E-state index in [0.29, 0.717) is 11.7 Å². The largest absolute Gasteiger partial charge is 0.476 e. The number of anilines is 1. The highest BCUT2D eigenvalue weighted by Crippen LogP contribution is 2.05. The third-order valence-electron chi connectivity index (χ3n) is 2.15. The van der Waals surface area contributed by atoms with Crippen molar-refractivity contribution in [2.24, 2.45) is 5.92 Å². The van der Waals surface area contributed by atoms with Gasteiger partial charge in [0.15, 0.2) is 5.69 Å². The van der Waals surface area contributed by atoms with Crippen LogP contribution in [0.4, 0.5) is 5.82 Å². The van der Waals surface area contributed by atoms with Gasteiger partial charge in [-0.25, -0.2) is 4.79 Å². The molecule has 0 fully saturated rings. The van der Waals surface area contributed by atoms with Crippen LogP contribution in [0.5, 0.6) is 0 Å². The van der Waals surface area contributed by atoms with E-state index in [9.17, 15) is 4.79 Å². The lowest BCUT2D eigenvalue weighted by atomic mass is 10.1. The molecule has 1 rings (SSSR count). The van der Waals surface area contributed by atoms with E-state index < -0.39 is 5.97 Å². The normalized spacial score (nSPS) is 10.4. The quantitative estimate of drug-likeness (QED) is 0.722. The number of nitrogens with zero attached hydrogens (tertiary/aromatic N) is 2. The summed E-state index contributed by atoms with van der Waals surface area (Å²) in [7, 11) is 0. The molecular formula is C11H17N3O2. The van der Waals surface area contributed by atoms with Gasteiger partial charge in [-0.3, -0.25) is 0 Å². The summed E-state index contributed by atoms with van der Waals surface area (Å²) in [4.78, 5) is 10.5. The Morgan fingerprint density at radius 2 is 2.19 bits per heavy atom. The molecule has 1 aromatic heterocycles. The number of rotatable bonds is 6. The van der Waals surface area contributed by atoms with Crippen molar-refractivity contribution in [3.05, 3.63) is 17.8 Å². The minimum atomic E-state index is -1.06. The molecule has 0 unspecified atom stereocenters. The molecule has 5 heteroatoms. The van der Waals surface area contributed by atoms with Gasteiger partial charge in [-0.15, -0.1) is 10.2 Å². The van der Waals surface area contributed by atoms with E-state index in [1.54, 1.807) is 6.07 Å². The van der Waals surface area contributed by atoms with E-state index in [1.165, 1.54) is 6.07 Å². The summed E-state index contributed by atoms with van der Waals surface area (Å²) in [6, 6.07) is 3.08. The average Bonchev–Trinajstić information content (AvgIpc) is 2.25. The Labute approximate surface area is 94.9 Å². The lowest BCUT2D eigenvalue weighted by Crippen LogP contribution is -2.07. The molecule has 0 saturated heterocycles. The van der Waals surface area contributed by atoms with Crippen LogP contribution in [0, 0.1) is 5.92 Å². The van der Waals surface area contributed by atoms with Crippen LogP contribution in [-0.4, -0.2) is 27.8 Å². The zero-order valence-electron chi connectivity index (χ0n) is 9.60. The molecule has 0 bridgehead atoms. The fraction of sp³-hybridized carbons (Fsp3) is 0.545. The zero-order valence-corrected chi connectivity index (χ0v) is 9.60. The highest BCUT2D eigenvalue weighted by atomic mass is 16.4. The van der Waals surface area contributed by atoms with Crippen molar-refractivity contribution >= 4 is 11.8 Å². The van der Waals surface area contributed by atoms with Crippen molar-refractivity contribution in [2.75, 3.05) is 11.9 Å². The summed E-state index contributed by atoms with van der Waals surface area (Å²) in [5, 5.41) is 19.1. The van der Waals surface area contributed by atoms with Crippen LogP contribution in [0.15, 0.2) is 12.1 Å². The molecule has 0 aliphatic heterocycles. The number of aromatic nitrogens is 2. The van der Waals surface area contributed by atoms with E-state index in [2.05, 4.69) is 29.4 Å². The van der Waals surface area contributed by atoms with Crippen molar-refractivity contribution in [1.29, 1.82) is 0 Å². The minimum absolute atomic E-state index is 0.0345. The maximum Gasteiger partial charge on any atom is 0.356 e. The molecule has 0 saturated carbocycles. The van der Waals surface area contributed by atoms with E-state index in [0.717, 1.165) is 19.4 Å². The van der Waals surface area contributed by atoms with Crippen LogP contribution in [0.3, 0.4) is 0 Å². The SMILES string of the molecule is CC(C)CCCNc1ccc(C(=O)O)nn1. The lowest BCUT2D eigenvalue weighted by Gasteiger charge is -2.06. The van der Waals surface area contributed by atoms with Crippen LogP contribution in [0.2, 0.25) is 0 Å². The molecule has 0 spiro atoms. The molecule has 1 aromatic rings. The van der Waals surface area contributed by atoms with Crippen LogP contribution < -0.4 is 5.32 Å². The highest BCUT2D eigenvalue weighted by Gasteiger charge is 2.04. The van der Waals surface area contributed by atoms with Gasteiger partial charge in [0.1, 0.15) is 5.82 Å². The number of nitrogens with one attached hydrogen (secondary N) is 1. The number of carboxylic acid groups (broad SMARTS) is 1. The van der Waals surface area contributed by atoms with Crippen molar-refractivity contribution in [3.63, 3.8) is 0 Å². The van der Waals surface area contributed by atoms with Crippen LogP contribution in [-0.2, 0) is 0 Å². The first-order chi connectivity index (χ1) is 7.59. The van der Waals surface area contributed by atoms with Gasteiger partial charge in [-0.1, -0.05) is 13.8 Å². The summed E-state index contributed by atoms with van der Waals surface area (Å²) in [5.74, 6) is 0.259. The summed E-state index contributed by atoms with van der Waals surface area (Å²) < 4.78 is 0. The summed E-state index contributed by atoms with van der Waals surface area (Å²) >= 11 is 0. The van der Waals surface area contributed by atoms with Crippen molar-refractivity contribution in [1.82, 2.24) is 10.2 Å². The zero-order chi connectivity index (χ0) is 12.0. The van der Waals surface area contributed by atoms with Gasteiger partial charge in [0.2, 0.25) is 0 Å². The predicted molar refractivity (Wildman–Crippen MR) is 61.6 cm³/mol. The van der Waals surface area contributed by atoms with Crippen molar-refractivity contribution < 1.29 is 9.90 Å². The van der Waals surface area contributed by atoms with Crippen LogP contribution >= 0.6 is 0 Å². The summed E-state index contributed by atoms with van der Waals surface area (Å²) in [6.45, 7) is 5.20. The standard InChI is InChI=1S/C11H17N3O2/c1-8(2)4-3-7-12-10-6-5-9(11(15)16)13-14-10/h5-6,8H,3-4,7H2,1-2H3,(H,12,14)(H,15,16). The Morgan fingerprint density at radius 3 is 2.69 bits per heavy atom. The van der Waals surface area contributed by atoms with Gasteiger partial charge in [-0.2, -0.15) is 0 Å². The molecule has 0 aliphatic carbocycles. The molecule has 1 heterocycles. The molecule has 0 aromatic carbocycles. The lowest BCUT2D eigenvalue weighted by molar-refractivity contribution is 0.0689. The number of carbonyl (C=O) groups is 1. The second kappa shape index (κ2) is 6.05. The van der Waals surface area contributed by atoms with E-state index in [4.69, 9.17) is 5.11 Å². The monoisotopic (exact) mass is 223 g/mol. The topological polar surface area (TPSA) is 75.1 Å². The highest BCUT2D eigenvalue weighted by molar-refractivity contribution is 5.85. The van der Waals surface area contributed by atoms with Crippen LogP contribution in [0.25, 0.3) is 0 Å². The summed E-state index contributed by atoms with van der Waals surface area (Å²) in [5.41, 5.74) is -0.0345.